The van der Waals surface area contributed by atoms with Crippen molar-refractivity contribution in [1.82, 2.24) is 0 Å². The van der Waals surface area contributed by atoms with E-state index in [2.05, 4.69) is 4.99 Å². The first-order valence-corrected chi connectivity index (χ1v) is 4.12. The molecule has 4 N–H and O–H groups in total. The minimum Gasteiger partial charge on any atom is -0.290 e. The fourth-order valence-electron chi connectivity index (χ4n) is 0.909. The second kappa shape index (κ2) is 4.40. The van der Waals surface area contributed by atoms with E-state index in [9.17, 15) is 0 Å². The number of aliphatic imine (C=N–C) groups is 1. The lowest BCUT2D eigenvalue weighted by Crippen LogP contribution is -2.47. The summed E-state index contributed by atoms with van der Waals surface area (Å²) in [6.45, 7) is 2.43. The standard InChI is InChI=1S/C10H13N3/c1-8-2-4-9(5-3-8)6-13-7-10(11)12/h2-6H,7H2,1H3,(H3,11,12)/p+1. The Balaban J connectivity index is 2.59. The zero-order valence-electron chi connectivity index (χ0n) is 7.70. The molecule has 0 aliphatic rings. The lowest BCUT2D eigenvalue weighted by molar-refractivity contribution is -0.116. The van der Waals surface area contributed by atoms with Gasteiger partial charge in [-0.15, -0.1) is 0 Å². The average Bonchev–Trinajstić information content (AvgIpc) is 2.08. The molecule has 0 heterocycles. The predicted molar refractivity (Wildman–Crippen MR) is 54.8 cm³/mol. The predicted octanol–water partition coefficient (Wildman–Crippen LogP) is -0.470. The highest BCUT2D eigenvalue weighted by atomic mass is 14.8. The van der Waals surface area contributed by atoms with Crippen molar-refractivity contribution in [1.29, 1.82) is 0 Å². The van der Waals surface area contributed by atoms with E-state index in [0.29, 0.717) is 12.4 Å². The Labute approximate surface area is 77.8 Å². The summed E-state index contributed by atoms with van der Waals surface area (Å²) in [5.74, 6) is 0.336. The smallest absolute Gasteiger partial charge is 0.260 e. The number of benzene rings is 1. The molecule has 0 aromatic heterocycles. The molecule has 0 bridgehead atoms. The van der Waals surface area contributed by atoms with Gasteiger partial charge in [0.1, 0.15) is 6.54 Å². The molecule has 0 saturated heterocycles. The summed E-state index contributed by atoms with van der Waals surface area (Å²) in [6.07, 6.45) is 1.76. The van der Waals surface area contributed by atoms with Crippen LogP contribution in [-0.2, 0) is 0 Å². The van der Waals surface area contributed by atoms with E-state index in [0.717, 1.165) is 5.56 Å². The molecule has 0 saturated carbocycles. The monoisotopic (exact) mass is 176 g/mol. The number of nitrogens with zero attached hydrogens (tertiary/aromatic N) is 1. The summed E-state index contributed by atoms with van der Waals surface area (Å²) < 4.78 is 0. The summed E-state index contributed by atoms with van der Waals surface area (Å²) in [5.41, 5.74) is 7.56. The van der Waals surface area contributed by atoms with Crippen LogP contribution in [0.5, 0.6) is 0 Å². The third-order valence-corrected chi connectivity index (χ3v) is 1.59. The van der Waals surface area contributed by atoms with E-state index in [1.54, 1.807) is 6.21 Å². The molecule has 0 fully saturated rings. The minimum atomic E-state index is 0.336. The van der Waals surface area contributed by atoms with Crippen molar-refractivity contribution in [2.75, 3.05) is 6.54 Å². The molecule has 1 aromatic carbocycles. The topological polar surface area (TPSA) is 64.0 Å². The number of amidine groups is 1. The first-order valence-electron chi connectivity index (χ1n) is 4.12. The highest BCUT2D eigenvalue weighted by Gasteiger charge is 1.90. The Morgan fingerprint density at radius 1 is 1.46 bits per heavy atom. The highest BCUT2D eigenvalue weighted by molar-refractivity contribution is 5.83. The molecule has 1 aromatic rings. The van der Waals surface area contributed by atoms with Crippen molar-refractivity contribution in [2.24, 2.45) is 10.7 Å². The van der Waals surface area contributed by atoms with Gasteiger partial charge in [-0.05, 0) is 12.5 Å². The van der Waals surface area contributed by atoms with Gasteiger partial charge in [-0.2, -0.15) is 0 Å². The quantitative estimate of drug-likeness (QED) is 0.474. The molecule has 0 radical (unpaired) electrons. The fraction of sp³-hybridized carbons (Fsp3) is 0.200. The van der Waals surface area contributed by atoms with E-state index >= 15 is 0 Å². The molecule has 0 unspecified atom stereocenters. The lowest BCUT2D eigenvalue weighted by atomic mass is 10.2. The van der Waals surface area contributed by atoms with Crippen LogP contribution in [0.25, 0.3) is 0 Å². The van der Waals surface area contributed by atoms with Crippen LogP contribution in [0, 0.1) is 6.92 Å². The van der Waals surface area contributed by atoms with Crippen LogP contribution in [0.3, 0.4) is 0 Å². The molecule has 0 spiro atoms. The summed E-state index contributed by atoms with van der Waals surface area (Å²) in [4.78, 5) is 4.06. The van der Waals surface area contributed by atoms with Crippen molar-refractivity contribution < 1.29 is 5.41 Å². The van der Waals surface area contributed by atoms with Gasteiger partial charge >= 0.3 is 0 Å². The van der Waals surface area contributed by atoms with Gasteiger partial charge in [-0.3, -0.25) is 16.1 Å². The normalized spacial score (nSPS) is 10.5. The van der Waals surface area contributed by atoms with Gasteiger partial charge in [0, 0.05) is 6.21 Å². The van der Waals surface area contributed by atoms with E-state index in [-0.39, 0.29) is 0 Å². The molecule has 68 valence electrons. The first-order chi connectivity index (χ1) is 6.18. The molecule has 3 heteroatoms. The highest BCUT2D eigenvalue weighted by Crippen LogP contribution is 1.99. The van der Waals surface area contributed by atoms with Crippen molar-refractivity contribution in [2.45, 2.75) is 6.92 Å². The number of hydrogen-bond acceptors (Lipinski definition) is 1. The summed E-state index contributed by atoms with van der Waals surface area (Å²) in [5, 5.41) is 5.26. The summed E-state index contributed by atoms with van der Waals surface area (Å²) in [6, 6.07) is 8.09. The summed E-state index contributed by atoms with van der Waals surface area (Å²) >= 11 is 0. The second-order valence-corrected chi connectivity index (χ2v) is 2.96. The zero-order valence-corrected chi connectivity index (χ0v) is 7.70. The van der Waals surface area contributed by atoms with Crippen molar-refractivity contribution >= 4 is 12.1 Å². The molecule has 1 rings (SSSR count). The fourth-order valence-corrected chi connectivity index (χ4v) is 0.909. The van der Waals surface area contributed by atoms with Crippen LogP contribution in [0.4, 0.5) is 0 Å². The minimum absolute atomic E-state index is 0.336. The van der Waals surface area contributed by atoms with Gasteiger partial charge in [0.05, 0.1) is 0 Å². The number of aryl methyl sites for hydroxylation is 1. The first kappa shape index (κ1) is 9.45. The van der Waals surface area contributed by atoms with Crippen LogP contribution in [0.15, 0.2) is 29.3 Å². The van der Waals surface area contributed by atoms with E-state index in [1.165, 1.54) is 5.56 Å². The Kier molecular flexibility index (Phi) is 3.20. The van der Waals surface area contributed by atoms with E-state index in [1.807, 2.05) is 31.2 Å². The Morgan fingerprint density at radius 2 is 2.08 bits per heavy atom. The molecule has 13 heavy (non-hydrogen) atoms. The van der Waals surface area contributed by atoms with Gasteiger partial charge in [0.25, 0.3) is 5.84 Å². The summed E-state index contributed by atoms with van der Waals surface area (Å²) in [7, 11) is 0. The third-order valence-electron chi connectivity index (χ3n) is 1.59. The average molecular weight is 176 g/mol. The number of nitrogens with two attached hydrogens (primary N) is 2. The number of hydrogen-bond donors (Lipinski definition) is 2. The van der Waals surface area contributed by atoms with Gasteiger partial charge < -0.3 is 0 Å². The maximum absolute atomic E-state index is 5.26. The Hall–Kier alpha value is -1.64. The molecule has 0 amide bonds. The molecule has 0 aliphatic carbocycles. The second-order valence-electron chi connectivity index (χ2n) is 2.96. The van der Waals surface area contributed by atoms with E-state index in [4.69, 9.17) is 11.1 Å². The molecular formula is C10H14N3+. The van der Waals surface area contributed by atoms with Crippen molar-refractivity contribution in [3.05, 3.63) is 35.4 Å². The molecular weight excluding hydrogens is 162 g/mol. The van der Waals surface area contributed by atoms with Crippen LogP contribution in [-0.4, -0.2) is 18.6 Å². The lowest BCUT2D eigenvalue weighted by Gasteiger charge is -1.93. The largest absolute Gasteiger partial charge is 0.290 e. The molecule has 0 aliphatic heterocycles. The van der Waals surface area contributed by atoms with Gasteiger partial charge in [-0.25, -0.2) is 0 Å². The van der Waals surface area contributed by atoms with Crippen LogP contribution in [0.2, 0.25) is 0 Å². The maximum Gasteiger partial charge on any atom is 0.260 e. The van der Waals surface area contributed by atoms with Gasteiger partial charge in [-0.1, -0.05) is 29.8 Å². The van der Waals surface area contributed by atoms with Gasteiger partial charge in [0.15, 0.2) is 0 Å². The van der Waals surface area contributed by atoms with Crippen molar-refractivity contribution in [3.8, 4) is 0 Å². The number of rotatable bonds is 3. The van der Waals surface area contributed by atoms with Crippen molar-refractivity contribution in [3.63, 3.8) is 0 Å². The van der Waals surface area contributed by atoms with Gasteiger partial charge in [0.2, 0.25) is 0 Å². The molecule has 3 nitrogen and oxygen atoms in total. The molecule has 0 atom stereocenters. The Bertz CT molecular complexity index is 311. The Morgan fingerprint density at radius 3 is 2.62 bits per heavy atom. The SMILES string of the molecule is Cc1ccc(C=NCC(N)=[NH2+])cc1. The van der Waals surface area contributed by atoms with Crippen LogP contribution >= 0.6 is 0 Å². The van der Waals surface area contributed by atoms with Crippen LogP contribution < -0.4 is 11.1 Å². The third kappa shape index (κ3) is 3.51. The van der Waals surface area contributed by atoms with E-state index < -0.39 is 0 Å². The zero-order chi connectivity index (χ0) is 9.68. The van der Waals surface area contributed by atoms with Crippen LogP contribution in [0.1, 0.15) is 11.1 Å². The maximum atomic E-state index is 5.26.